The molecule has 0 spiro atoms. The number of hydrogen-bond donors (Lipinski definition) is 3. The molecule has 0 aromatic carbocycles. The molecule has 1 unspecified atom stereocenters. The number of nitrogens with one attached hydrogen (secondary N) is 1. The van der Waals surface area contributed by atoms with Crippen molar-refractivity contribution in [3.63, 3.8) is 0 Å². The minimum Gasteiger partial charge on any atom is -1.00 e. The van der Waals surface area contributed by atoms with Gasteiger partial charge in [0.1, 0.15) is 6.10 Å². The van der Waals surface area contributed by atoms with Gasteiger partial charge in [-0.1, -0.05) is 13.8 Å². The number of rotatable bonds is 6. The van der Waals surface area contributed by atoms with Crippen LogP contribution in [0.25, 0.3) is 0 Å². The van der Waals surface area contributed by atoms with Crippen LogP contribution >= 0.6 is 9.47 Å². The molecule has 0 bridgehead atoms. The van der Waals surface area contributed by atoms with Crippen molar-refractivity contribution < 1.29 is 27.2 Å². The standard InChI is InChI=1S/C9H18NO5P.Ca.2H/c1-9(2,5-11)7(13)8(14)10-4-3-6(12)15-16;;;/h7,11,13H,3-5,16H2,1-2H3,(H,10,14);;;/q;+2;2*-1/t7-;;;/m0.../s1. The molecule has 0 aliphatic heterocycles. The second-order valence-electron chi connectivity index (χ2n) is 4.08. The van der Waals surface area contributed by atoms with Gasteiger partial charge in [0, 0.05) is 12.0 Å². The Morgan fingerprint density at radius 3 is 2.47 bits per heavy atom. The first-order valence-corrected chi connectivity index (χ1v) is 5.28. The van der Waals surface area contributed by atoms with E-state index in [1.807, 2.05) is 9.47 Å². The Morgan fingerprint density at radius 1 is 1.53 bits per heavy atom. The molecule has 0 radical (unpaired) electrons. The summed E-state index contributed by atoms with van der Waals surface area (Å²) < 4.78 is 4.30. The van der Waals surface area contributed by atoms with Crippen molar-refractivity contribution in [1.82, 2.24) is 5.32 Å². The summed E-state index contributed by atoms with van der Waals surface area (Å²) in [6.07, 6.45) is -1.29. The van der Waals surface area contributed by atoms with Crippen molar-refractivity contribution in [3.05, 3.63) is 0 Å². The monoisotopic (exact) mass is 293 g/mol. The van der Waals surface area contributed by atoms with Crippen LogP contribution in [0.4, 0.5) is 0 Å². The molecule has 0 saturated heterocycles. The van der Waals surface area contributed by atoms with Crippen LogP contribution in [0.3, 0.4) is 0 Å². The molecule has 0 aromatic heterocycles. The molecular weight excluding hydrogens is 273 g/mol. The van der Waals surface area contributed by atoms with Crippen LogP contribution in [0.15, 0.2) is 0 Å². The molecule has 8 heteroatoms. The van der Waals surface area contributed by atoms with E-state index in [2.05, 4.69) is 9.84 Å². The first-order chi connectivity index (χ1) is 7.35. The van der Waals surface area contributed by atoms with Crippen LogP contribution in [0, 0.1) is 5.41 Å². The average molecular weight is 293 g/mol. The van der Waals surface area contributed by atoms with Crippen molar-refractivity contribution in [2.24, 2.45) is 5.41 Å². The van der Waals surface area contributed by atoms with Crippen molar-refractivity contribution in [2.45, 2.75) is 26.4 Å². The Hall–Kier alpha value is 0.550. The van der Waals surface area contributed by atoms with Gasteiger partial charge in [-0.3, -0.25) is 9.59 Å². The molecule has 0 aliphatic carbocycles. The van der Waals surface area contributed by atoms with Gasteiger partial charge in [-0.2, -0.15) is 0 Å². The molecule has 0 saturated carbocycles. The van der Waals surface area contributed by atoms with E-state index in [0.717, 1.165) is 0 Å². The van der Waals surface area contributed by atoms with E-state index in [4.69, 9.17) is 5.11 Å². The van der Waals surface area contributed by atoms with Crippen LogP contribution in [0.5, 0.6) is 0 Å². The van der Waals surface area contributed by atoms with Gasteiger partial charge in [0.15, 0.2) is 0 Å². The molecule has 0 aliphatic rings. The predicted octanol–water partition coefficient (Wildman–Crippen LogP) is -0.950. The van der Waals surface area contributed by atoms with Gasteiger partial charge >= 0.3 is 43.7 Å². The predicted molar refractivity (Wildman–Crippen MR) is 68.3 cm³/mol. The van der Waals surface area contributed by atoms with Crippen LogP contribution in [0.1, 0.15) is 23.1 Å². The first-order valence-electron chi connectivity index (χ1n) is 4.81. The summed E-state index contributed by atoms with van der Waals surface area (Å²) in [6.45, 7) is 2.91. The van der Waals surface area contributed by atoms with Gasteiger partial charge in [0.25, 0.3) is 0 Å². The summed E-state index contributed by atoms with van der Waals surface area (Å²) in [5, 5.41) is 20.9. The van der Waals surface area contributed by atoms with E-state index in [9.17, 15) is 14.7 Å². The van der Waals surface area contributed by atoms with Crippen molar-refractivity contribution in [1.29, 1.82) is 0 Å². The quantitative estimate of drug-likeness (QED) is 0.433. The SMILES string of the molecule is CC(C)(CO)[C@@H](O)C(=O)NCCC(=O)OP.[Ca+2].[H-].[H-]. The van der Waals surface area contributed by atoms with Gasteiger partial charge in [0.05, 0.1) is 22.5 Å². The fraction of sp³-hybridized carbons (Fsp3) is 0.778. The number of aliphatic hydroxyl groups is 2. The van der Waals surface area contributed by atoms with Crippen molar-refractivity contribution in [2.75, 3.05) is 13.2 Å². The topological polar surface area (TPSA) is 95.9 Å². The summed E-state index contributed by atoms with van der Waals surface area (Å²) in [5.41, 5.74) is -0.912. The van der Waals surface area contributed by atoms with E-state index < -0.39 is 23.4 Å². The zero-order valence-corrected chi connectivity index (χ0v) is 13.5. The summed E-state index contributed by atoms with van der Waals surface area (Å²) in [5.74, 6) is -1.09. The molecule has 2 atom stereocenters. The fourth-order valence-corrected chi connectivity index (χ4v) is 1.00. The first kappa shape index (κ1) is 19.9. The summed E-state index contributed by atoms with van der Waals surface area (Å²) in [6, 6.07) is 0. The minimum absolute atomic E-state index is 0. The molecule has 17 heavy (non-hydrogen) atoms. The number of amides is 1. The molecule has 6 nitrogen and oxygen atoms in total. The third-order valence-electron chi connectivity index (χ3n) is 2.16. The Morgan fingerprint density at radius 2 is 2.06 bits per heavy atom. The van der Waals surface area contributed by atoms with E-state index in [1.165, 1.54) is 0 Å². The summed E-state index contributed by atoms with van der Waals surface area (Å²) in [4.78, 5) is 22.1. The largest absolute Gasteiger partial charge is 2.00 e. The molecule has 3 N–H and O–H groups in total. The van der Waals surface area contributed by atoms with E-state index in [0.29, 0.717) is 0 Å². The van der Waals surface area contributed by atoms with Gasteiger partial charge in [-0.25, -0.2) is 0 Å². The maximum Gasteiger partial charge on any atom is 2.00 e. The third kappa shape index (κ3) is 7.54. The number of carbonyl (C=O) groups excluding carboxylic acids is 2. The van der Waals surface area contributed by atoms with E-state index in [-0.39, 0.29) is 60.2 Å². The Kier molecular flexibility index (Phi) is 11.1. The van der Waals surface area contributed by atoms with Gasteiger partial charge in [0.2, 0.25) is 5.91 Å². The fourth-order valence-electron chi connectivity index (χ4n) is 0.885. The maximum absolute atomic E-state index is 11.4. The summed E-state index contributed by atoms with van der Waals surface area (Å²) in [7, 11) is 1.81. The normalized spacial score (nSPS) is 12.3. The Balaban J connectivity index is -0.000000375. The maximum atomic E-state index is 11.4. The summed E-state index contributed by atoms with van der Waals surface area (Å²) >= 11 is 0. The third-order valence-corrected chi connectivity index (χ3v) is 2.42. The van der Waals surface area contributed by atoms with Crippen molar-refractivity contribution >= 4 is 59.1 Å². The minimum atomic E-state index is -1.32. The van der Waals surface area contributed by atoms with E-state index in [1.54, 1.807) is 13.8 Å². The van der Waals surface area contributed by atoms with Gasteiger partial charge in [-0.15, -0.1) is 0 Å². The zero-order chi connectivity index (χ0) is 12.8. The van der Waals surface area contributed by atoms with Crippen LogP contribution in [-0.2, 0) is 14.1 Å². The molecule has 0 fully saturated rings. The van der Waals surface area contributed by atoms with E-state index >= 15 is 0 Å². The van der Waals surface area contributed by atoms with Crippen LogP contribution < -0.4 is 5.32 Å². The average Bonchev–Trinajstić information content (AvgIpc) is 2.27. The molecule has 0 heterocycles. The smallest absolute Gasteiger partial charge is 1.00 e. The number of aliphatic hydroxyl groups excluding tert-OH is 2. The van der Waals surface area contributed by atoms with Gasteiger partial charge in [-0.05, 0) is 0 Å². The molecule has 98 valence electrons. The molecule has 0 rings (SSSR count). The second kappa shape index (κ2) is 9.48. The zero-order valence-electron chi connectivity index (χ0n) is 12.1. The number of hydrogen-bond acceptors (Lipinski definition) is 5. The van der Waals surface area contributed by atoms with Crippen molar-refractivity contribution in [3.8, 4) is 0 Å². The molecule has 0 aromatic rings. The van der Waals surface area contributed by atoms with Crippen LogP contribution in [0.2, 0.25) is 0 Å². The number of carbonyl (C=O) groups is 2. The Labute approximate surface area is 136 Å². The van der Waals surface area contributed by atoms with Crippen LogP contribution in [-0.4, -0.2) is 79.1 Å². The van der Waals surface area contributed by atoms with Gasteiger partial charge < -0.3 is 22.9 Å². The Bertz CT molecular complexity index is 271. The molecular formula is C9H20CaNO5P. The second-order valence-corrected chi connectivity index (χ2v) is 4.32. The molecule has 1 amide bonds.